The lowest BCUT2D eigenvalue weighted by atomic mass is 10.2. The molecule has 0 aliphatic carbocycles. The van der Waals surface area contributed by atoms with Gasteiger partial charge in [0.25, 0.3) is 14.6 Å². The Morgan fingerprint density at radius 2 is 1.83 bits per heavy atom. The molecule has 0 unspecified atom stereocenters. The topological polar surface area (TPSA) is 107 Å². The second kappa shape index (κ2) is 5.76. The van der Waals surface area contributed by atoms with E-state index in [1.807, 2.05) is 0 Å². The first-order chi connectivity index (χ1) is 11.2. The van der Waals surface area contributed by atoms with Crippen molar-refractivity contribution in [3.8, 4) is 0 Å². The molecule has 3 aromatic rings. The van der Waals surface area contributed by atoms with Crippen molar-refractivity contribution in [1.29, 1.82) is 0 Å². The van der Waals surface area contributed by atoms with Gasteiger partial charge in [0.05, 0.1) is 6.54 Å². The van der Waals surface area contributed by atoms with E-state index < -0.39 is 25.5 Å². The number of hydrogen-bond acceptors (Lipinski definition) is 5. The predicted octanol–water partition coefficient (Wildman–Crippen LogP) is 1.05. The van der Waals surface area contributed by atoms with Crippen molar-refractivity contribution < 1.29 is 8.42 Å². The number of fused-ring (bicyclic) bond motifs is 1. The van der Waals surface area contributed by atoms with Crippen LogP contribution in [-0.4, -0.2) is 27.5 Å². The van der Waals surface area contributed by atoms with Gasteiger partial charge in [-0.25, -0.2) is 13.2 Å². The molecule has 24 heavy (non-hydrogen) atoms. The van der Waals surface area contributed by atoms with Crippen molar-refractivity contribution >= 4 is 42.5 Å². The average Bonchev–Trinajstić information content (AvgIpc) is 2.87. The van der Waals surface area contributed by atoms with Crippen molar-refractivity contribution in [2.75, 3.05) is 0 Å². The summed E-state index contributed by atoms with van der Waals surface area (Å²) in [4.78, 5) is 29.8. The molecule has 0 fully saturated rings. The minimum Gasteiger partial charge on any atom is -0.303 e. The maximum atomic E-state index is 12.2. The largest absolute Gasteiger partial charge is 0.329 e. The molecule has 0 saturated carbocycles. The fourth-order valence-electron chi connectivity index (χ4n) is 2.32. The van der Waals surface area contributed by atoms with Gasteiger partial charge in [0, 0.05) is 22.8 Å². The highest BCUT2D eigenvalue weighted by molar-refractivity contribution is 8.13. The second-order valence-electron chi connectivity index (χ2n) is 5.04. The van der Waals surface area contributed by atoms with Gasteiger partial charge in [0.2, 0.25) is 5.16 Å². The Kier molecular flexibility index (Phi) is 4.02. The number of nitrogens with one attached hydrogen (secondary N) is 1. The molecule has 11 heteroatoms. The smallest absolute Gasteiger partial charge is 0.303 e. The number of rotatable bonds is 3. The molecule has 2 aromatic heterocycles. The fourth-order valence-corrected chi connectivity index (χ4v) is 3.41. The lowest BCUT2D eigenvalue weighted by molar-refractivity contribution is 0.589. The fraction of sp³-hybridized carbons (Fsp3) is 0.154. The van der Waals surface area contributed by atoms with E-state index >= 15 is 0 Å². The highest BCUT2D eigenvalue weighted by atomic mass is 35.7. The molecular weight excluding hydrogens is 379 g/mol. The van der Waals surface area contributed by atoms with Crippen LogP contribution in [0, 0.1) is 0 Å². The summed E-state index contributed by atoms with van der Waals surface area (Å²) >= 11 is 5.83. The zero-order valence-electron chi connectivity index (χ0n) is 12.2. The monoisotopic (exact) mass is 388 g/mol. The van der Waals surface area contributed by atoms with Crippen LogP contribution in [0.4, 0.5) is 0 Å². The van der Waals surface area contributed by atoms with Crippen LogP contribution in [0.25, 0.3) is 11.2 Å². The highest BCUT2D eigenvalue weighted by Gasteiger charge is 2.25. The maximum Gasteiger partial charge on any atom is 0.329 e. The van der Waals surface area contributed by atoms with E-state index in [1.165, 1.54) is 7.05 Å². The first-order valence-corrected chi connectivity index (χ1v) is 9.26. The number of halogens is 2. The van der Waals surface area contributed by atoms with Crippen molar-refractivity contribution in [3.63, 3.8) is 0 Å². The van der Waals surface area contributed by atoms with E-state index in [0.717, 1.165) is 9.13 Å². The van der Waals surface area contributed by atoms with Gasteiger partial charge in [-0.05, 0) is 17.7 Å². The minimum absolute atomic E-state index is 0.0102. The lowest BCUT2D eigenvalue weighted by Crippen LogP contribution is -2.29. The second-order valence-corrected chi connectivity index (χ2v) is 7.93. The number of H-pyrrole nitrogens is 1. The van der Waals surface area contributed by atoms with Crippen LogP contribution in [0.2, 0.25) is 5.02 Å². The summed E-state index contributed by atoms with van der Waals surface area (Å²) in [5.41, 5.74) is -0.917. The van der Waals surface area contributed by atoms with Gasteiger partial charge < -0.3 is 4.57 Å². The summed E-state index contributed by atoms with van der Waals surface area (Å²) in [6.45, 7) is 0.0102. The molecule has 0 radical (unpaired) electrons. The van der Waals surface area contributed by atoms with E-state index in [4.69, 9.17) is 22.3 Å². The van der Waals surface area contributed by atoms with Gasteiger partial charge in [-0.2, -0.15) is 4.98 Å². The van der Waals surface area contributed by atoms with Crippen LogP contribution in [0.3, 0.4) is 0 Å². The molecule has 0 saturated heterocycles. The number of nitrogens with zero attached hydrogens (tertiary/aromatic N) is 3. The number of aromatic nitrogens is 4. The van der Waals surface area contributed by atoms with Crippen LogP contribution in [-0.2, 0) is 22.6 Å². The summed E-state index contributed by atoms with van der Waals surface area (Å²) in [6.07, 6.45) is 0. The van der Waals surface area contributed by atoms with Crippen LogP contribution in [0.1, 0.15) is 5.56 Å². The molecule has 0 bridgehead atoms. The summed E-state index contributed by atoms with van der Waals surface area (Å²) in [6, 6.07) is 6.61. The predicted molar refractivity (Wildman–Crippen MR) is 89.2 cm³/mol. The Morgan fingerprint density at radius 3 is 2.42 bits per heavy atom. The number of aryl methyl sites for hydroxylation is 1. The Labute approximate surface area is 144 Å². The Morgan fingerprint density at radius 1 is 1.21 bits per heavy atom. The van der Waals surface area contributed by atoms with E-state index in [0.29, 0.717) is 10.6 Å². The molecule has 1 aromatic carbocycles. The number of benzene rings is 1. The molecule has 3 rings (SSSR count). The summed E-state index contributed by atoms with van der Waals surface area (Å²) < 4.78 is 25.9. The Hall–Kier alpha value is -2.10. The number of hydrogen-bond donors (Lipinski definition) is 1. The van der Waals surface area contributed by atoms with Gasteiger partial charge in [-0.3, -0.25) is 14.3 Å². The van der Waals surface area contributed by atoms with Gasteiger partial charge >= 0.3 is 5.69 Å². The molecule has 0 atom stereocenters. The van der Waals surface area contributed by atoms with E-state index in [2.05, 4.69) is 9.97 Å². The van der Waals surface area contributed by atoms with Crippen LogP contribution < -0.4 is 11.2 Å². The van der Waals surface area contributed by atoms with Gasteiger partial charge in [-0.15, -0.1) is 0 Å². The lowest BCUT2D eigenvalue weighted by Gasteiger charge is -2.07. The van der Waals surface area contributed by atoms with Gasteiger partial charge in [0.15, 0.2) is 11.2 Å². The summed E-state index contributed by atoms with van der Waals surface area (Å²) in [5, 5.41) is 0.000452. The van der Waals surface area contributed by atoms with E-state index in [9.17, 15) is 18.0 Å². The molecule has 1 N–H and O–H groups in total. The Balaban J connectivity index is 2.36. The molecule has 8 nitrogen and oxygen atoms in total. The summed E-state index contributed by atoms with van der Waals surface area (Å²) in [5.74, 6) is 0. The van der Waals surface area contributed by atoms with Crippen LogP contribution >= 0.6 is 22.3 Å². The summed E-state index contributed by atoms with van der Waals surface area (Å²) in [7, 11) is 2.57. The molecule has 0 spiro atoms. The molecule has 0 amide bonds. The highest BCUT2D eigenvalue weighted by Crippen LogP contribution is 2.21. The normalized spacial score (nSPS) is 12.0. The minimum atomic E-state index is -4.24. The van der Waals surface area contributed by atoms with E-state index in [1.54, 1.807) is 24.3 Å². The Bertz CT molecular complexity index is 1160. The quantitative estimate of drug-likeness (QED) is 0.674. The van der Waals surface area contributed by atoms with Crippen LogP contribution in [0.5, 0.6) is 0 Å². The molecule has 0 aliphatic rings. The first-order valence-electron chi connectivity index (χ1n) is 6.57. The van der Waals surface area contributed by atoms with Gasteiger partial charge in [0.1, 0.15) is 0 Å². The zero-order valence-corrected chi connectivity index (χ0v) is 14.5. The van der Waals surface area contributed by atoms with Crippen molar-refractivity contribution in [3.05, 3.63) is 55.7 Å². The third-order valence-corrected chi connectivity index (χ3v) is 4.86. The zero-order chi connectivity index (χ0) is 17.6. The standard InChI is InChI=1S/C13H10Cl2N4O4S/c1-18-10-9(11(20)17-12(18)21)19(13(16-10)24(15,22)23)6-7-2-4-8(14)5-3-7/h2-5H,6H2,1H3,(H,17,20,21). The molecular formula is C13H10Cl2N4O4S. The number of aromatic amines is 1. The SMILES string of the molecule is Cn1c(=O)[nH]c(=O)c2c1nc(S(=O)(=O)Cl)n2Cc1ccc(Cl)cc1. The first kappa shape index (κ1) is 16.7. The van der Waals surface area contributed by atoms with Crippen molar-refractivity contribution in [2.24, 2.45) is 7.05 Å². The van der Waals surface area contributed by atoms with Crippen molar-refractivity contribution in [2.45, 2.75) is 11.7 Å². The third kappa shape index (κ3) is 2.85. The maximum absolute atomic E-state index is 12.2. The third-order valence-electron chi connectivity index (χ3n) is 3.44. The molecule has 126 valence electrons. The molecule has 0 aliphatic heterocycles. The van der Waals surface area contributed by atoms with E-state index in [-0.39, 0.29) is 17.7 Å². The van der Waals surface area contributed by atoms with Crippen LogP contribution in [0.15, 0.2) is 39.0 Å². The van der Waals surface area contributed by atoms with Gasteiger partial charge in [-0.1, -0.05) is 23.7 Å². The number of imidazole rings is 1. The van der Waals surface area contributed by atoms with Crippen molar-refractivity contribution in [1.82, 2.24) is 19.1 Å². The molecule has 2 heterocycles. The average molecular weight is 389 g/mol.